The van der Waals surface area contributed by atoms with E-state index < -0.39 is 0 Å². The van der Waals surface area contributed by atoms with Crippen LogP contribution < -0.4 is 14.2 Å². The zero-order chi connectivity index (χ0) is 18.2. The summed E-state index contributed by atoms with van der Waals surface area (Å²) in [6, 6.07) is 11.2. The molecule has 0 radical (unpaired) electrons. The van der Waals surface area contributed by atoms with E-state index in [-0.39, 0.29) is 12.4 Å². The van der Waals surface area contributed by atoms with Crippen molar-refractivity contribution in [2.45, 2.75) is 6.92 Å². The van der Waals surface area contributed by atoms with E-state index in [4.69, 9.17) is 14.2 Å². The third-order valence-electron chi connectivity index (χ3n) is 3.60. The summed E-state index contributed by atoms with van der Waals surface area (Å²) < 4.78 is 16.2. The van der Waals surface area contributed by atoms with E-state index in [0.29, 0.717) is 22.8 Å². The van der Waals surface area contributed by atoms with Crippen LogP contribution >= 0.6 is 0 Å². The number of methoxy groups -OCH3 is 2. The van der Waals surface area contributed by atoms with Crippen molar-refractivity contribution in [3.05, 3.63) is 71.8 Å². The van der Waals surface area contributed by atoms with Crippen molar-refractivity contribution in [2.24, 2.45) is 0 Å². The van der Waals surface area contributed by atoms with E-state index in [1.807, 2.05) is 31.2 Å². The highest BCUT2D eigenvalue weighted by molar-refractivity contribution is 6.10. The minimum atomic E-state index is -0.209. The van der Waals surface area contributed by atoms with E-state index in [2.05, 4.69) is 6.58 Å². The second-order valence-electron chi connectivity index (χ2n) is 5.41. The molecule has 0 aliphatic rings. The molecule has 0 aromatic heterocycles. The normalized spacial score (nSPS) is 10.5. The van der Waals surface area contributed by atoms with Crippen molar-refractivity contribution in [3.8, 4) is 17.2 Å². The molecule has 2 rings (SSSR count). The van der Waals surface area contributed by atoms with Gasteiger partial charge < -0.3 is 14.2 Å². The number of ketones is 1. The van der Waals surface area contributed by atoms with E-state index >= 15 is 0 Å². The van der Waals surface area contributed by atoms with Crippen LogP contribution in [0.5, 0.6) is 17.2 Å². The van der Waals surface area contributed by atoms with Crippen molar-refractivity contribution in [2.75, 3.05) is 20.8 Å². The lowest BCUT2D eigenvalue weighted by Gasteiger charge is -2.14. The summed E-state index contributed by atoms with van der Waals surface area (Å²) in [5.41, 5.74) is 2.47. The first kappa shape index (κ1) is 18.3. The van der Waals surface area contributed by atoms with Gasteiger partial charge in [-0.2, -0.15) is 0 Å². The summed E-state index contributed by atoms with van der Waals surface area (Å²) in [6.45, 7) is 5.93. The Hall–Kier alpha value is -3.01. The van der Waals surface area contributed by atoms with Gasteiger partial charge in [-0.25, -0.2) is 0 Å². The molecular formula is C21H22O4. The topological polar surface area (TPSA) is 44.8 Å². The van der Waals surface area contributed by atoms with Crippen molar-refractivity contribution >= 4 is 11.9 Å². The van der Waals surface area contributed by atoms with E-state index in [0.717, 1.165) is 5.56 Å². The fourth-order valence-corrected chi connectivity index (χ4v) is 2.28. The van der Waals surface area contributed by atoms with Crippen molar-refractivity contribution in [1.82, 2.24) is 0 Å². The molecule has 0 fully saturated rings. The van der Waals surface area contributed by atoms with Gasteiger partial charge in [0.1, 0.15) is 29.4 Å². The molecule has 0 aliphatic carbocycles. The summed E-state index contributed by atoms with van der Waals surface area (Å²) in [4.78, 5) is 12.7. The number of hydrogen-bond donors (Lipinski definition) is 0. The monoisotopic (exact) mass is 338 g/mol. The predicted molar refractivity (Wildman–Crippen MR) is 99.8 cm³/mol. The number of carbonyl (C=O) groups is 1. The Labute approximate surface area is 148 Å². The third-order valence-corrected chi connectivity index (χ3v) is 3.60. The molecule has 0 aliphatic heterocycles. The molecule has 0 heterocycles. The predicted octanol–water partition coefficient (Wildman–Crippen LogP) is 4.47. The number of rotatable bonds is 8. The van der Waals surface area contributed by atoms with Gasteiger partial charge in [-0.3, -0.25) is 4.79 Å². The Balaban J connectivity index is 2.38. The Bertz CT molecular complexity index is 773. The highest BCUT2D eigenvalue weighted by Crippen LogP contribution is 2.35. The summed E-state index contributed by atoms with van der Waals surface area (Å²) in [7, 11) is 3.05. The van der Waals surface area contributed by atoms with Gasteiger partial charge in [0.05, 0.1) is 14.2 Å². The highest BCUT2D eigenvalue weighted by Gasteiger charge is 2.19. The van der Waals surface area contributed by atoms with E-state index in [9.17, 15) is 4.79 Å². The second-order valence-corrected chi connectivity index (χ2v) is 5.41. The van der Waals surface area contributed by atoms with Crippen molar-refractivity contribution in [3.63, 3.8) is 0 Å². The molecule has 0 saturated heterocycles. The Kier molecular flexibility index (Phi) is 6.40. The van der Waals surface area contributed by atoms with Gasteiger partial charge in [-0.05, 0) is 18.6 Å². The summed E-state index contributed by atoms with van der Waals surface area (Å²) in [6.07, 6.45) is 4.89. The lowest BCUT2D eigenvalue weighted by molar-refractivity contribution is 0.104. The minimum Gasteiger partial charge on any atom is -0.496 e. The number of benzene rings is 2. The van der Waals surface area contributed by atoms with Crippen molar-refractivity contribution < 1.29 is 19.0 Å². The highest BCUT2D eigenvalue weighted by atomic mass is 16.5. The molecule has 25 heavy (non-hydrogen) atoms. The molecule has 0 bridgehead atoms. The van der Waals surface area contributed by atoms with Crippen LogP contribution in [0.4, 0.5) is 0 Å². The Morgan fingerprint density at radius 3 is 2.36 bits per heavy atom. The first-order valence-corrected chi connectivity index (χ1v) is 7.87. The van der Waals surface area contributed by atoms with E-state index in [1.54, 1.807) is 31.4 Å². The van der Waals surface area contributed by atoms with Gasteiger partial charge in [0.2, 0.25) is 0 Å². The molecule has 4 heteroatoms. The second kappa shape index (κ2) is 8.73. The summed E-state index contributed by atoms with van der Waals surface area (Å²) >= 11 is 0. The van der Waals surface area contributed by atoms with Crippen LogP contribution in [0, 0.1) is 6.92 Å². The molecule has 0 N–H and O–H groups in total. The van der Waals surface area contributed by atoms with Crippen LogP contribution in [-0.4, -0.2) is 26.6 Å². The molecule has 0 unspecified atom stereocenters. The third kappa shape index (κ3) is 4.73. The van der Waals surface area contributed by atoms with Crippen molar-refractivity contribution in [1.29, 1.82) is 0 Å². The number of hydrogen-bond acceptors (Lipinski definition) is 4. The molecule has 0 saturated carbocycles. The van der Waals surface area contributed by atoms with Crippen LogP contribution in [0.25, 0.3) is 6.08 Å². The molecule has 0 amide bonds. The smallest absolute Gasteiger partial charge is 0.193 e. The first-order valence-electron chi connectivity index (χ1n) is 7.87. The molecule has 2 aromatic carbocycles. The lowest BCUT2D eigenvalue weighted by Crippen LogP contribution is -2.05. The minimum absolute atomic E-state index is 0.209. The van der Waals surface area contributed by atoms with Gasteiger partial charge in [-0.1, -0.05) is 48.6 Å². The summed E-state index contributed by atoms with van der Waals surface area (Å²) in [5, 5.41) is 0. The lowest BCUT2D eigenvalue weighted by atomic mass is 10.1. The molecule has 130 valence electrons. The fraction of sp³-hybridized carbons (Fsp3) is 0.190. The van der Waals surface area contributed by atoms with Gasteiger partial charge in [0.15, 0.2) is 5.78 Å². The van der Waals surface area contributed by atoms with Crippen LogP contribution in [0.15, 0.2) is 55.1 Å². The van der Waals surface area contributed by atoms with Crippen LogP contribution in [0.3, 0.4) is 0 Å². The molecule has 2 aromatic rings. The SMILES string of the molecule is C=CCOc1cc(OC)cc(OC)c1C(=O)/C=C/c1ccc(C)cc1. The van der Waals surface area contributed by atoms with Crippen LogP contribution in [0.1, 0.15) is 21.5 Å². The van der Waals surface area contributed by atoms with Crippen LogP contribution in [0.2, 0.25) is 0 Å². The molecule has 4 nitrogen and oxygen atoms in total. The average Bonchev–Trinajstić information content (AvgIpc) is 2.64. The average molecular weight is 338 g/mol. The van der Waals surface area contributed by atoms with Crippen LogP contribution in [-0.2, 0) is 0 Å². The first-order chi connectivity index (χ1) is 12.1. The largest absolute Gasteiger partial charge is 0.496 e. The maximum Gasteiger partial charge on any atom is 0.193 e. The number of ether oxygens (including phenoxy) is 3. The Morgan fingerprint density at radius 1 is 1.08 bits per heavy atom. The fourth-order valence-electron chi connectivity index (χ4n) is 2.28. The quantitative estimate of drug-likeness (QED) is 0.405. The standard InChI is InChI=1S/C21H22O4/c1-5-12-25-20-14-17(23-3)13-19(24-4)21(20)18(22)11-10-16-8-6-15(2)7-9-16/h5-11,13-14H,1,12H2,2-4H3/b11-10+. The van der Waals surface area contributed by atoms with Gasteiger partial charge in [0, 0.05) is 12.1 Å². The van der Waals surface area contributed by atoms with Gasteiger partial charge in [0.25, 0.3) is 0 Å². The van der Waals surface area contributed by atoms with Gasteiger partial charge in [-0.15, -0.1) is 0 Å². The molecule has 0 atom stereocenters. The maximum absolute atomic E-state index is 12.7. The number of carbonyl (C=O) groups excluding carboxylic acids is 1. The molecular weight excluding hydrogens is 316 g/mol. The van der Waals surface area contributed by atoms with Gasteiger partial charge >= 0.3 is 0 Å². The summed E-state index contributed by atoms with van der Waals surface area (Å²) in [5.74, 6) is 1.14. The molecule has 0 spiro atoms. The maximum atomic E-state index is 12.7. The number of aryl methyl sites for hydroxylation is 1. The number of allylic oxidation sites excluding steroid dienone is 1. The zero-order valence-corrected chi connectivity index (χ0v) is 14.7. The Morgan fingerprint density at radius 2 is 1.76 bits per heavy atom. The van der Waals surface area contributed by atoms with E-state index in [1.165, 1.54) is 18.7 Å². The zero-order valence-electron chi connectivity index (χ0n) is 14.7.